The second-order valence-corrected chi connectivity index (χ2v) is 9.94. The maximum Gasteiger partial charge on any atom is 0.237 e. The van der Waals surface area contributed by atoms with Crippen LogP contribution in [0.2, 0.25) is 0 Å². The van der Waals surface area contributed by atoms with E-state index in [1.54, 1.807) is 24.3 Å². The Balaban J connectivity index is 1.47. The third kappa shape index (κ3) is 5.43. The quantitative estimate of drug-likeness (QED) is 0.638. The van der Waals surface area contributed by atoms with E-state index < -0.39 is 0 Å². The Morgan fingerprint density at radius 3 is 2.69 bits per heavy atom. The van der Waals surface area contributed by atoms with Gasteiger partial charge in [0.15, 0.2) is 5.16 Å². The standard InChI is InChI=1S/C23H30N6O2S/c1-16-9-11-28(12-10-16)22-26-27-23(29(22)15-20-4-3-13-31-20)32-17(2)21(30)25-19-7-5-18(14-24)6-8-19/h5-8,16-17,20H,3-4,9-13,15H2,1-2H3,(H,25,30)/t17-,20+/m1/s1. The lowest BCUT2D eigenvalue weighted by Gasteiger charge is -2.31. The molecule has 2 aliphatic rings. The smallest absolute Gasteiger partial charge is 0.237 e. The van der Waals surface area contributed by atoms with Crippen LogP contribution in [0, 0.1) is 17.2 Å². The zero-order valence-corrected chi connectivity index (χ0v) is 19.5. The van der Waals surface area contributed by atoms with Crippen molar-refractivity contribution in [2.24, 2.45) is 5.92 Å². The topological polar surface area (TPSA) is 96.1 Å². The molecule has 1 aromatic carbocycles. The molecule has 2 aliphatic heterocycles. The van der Waals surface area contributed by atoms with Crippen LogP contribution < -0.4 is 10.2 Å². The molecule has 0 spiro atoms. The van der Waals surface area contributed by atoms with Crippen LogP contribution in [0.25, 0.3) is 0 Å². The number of hydrogen-bond acceptors (Lipinski definition) is 7. The molecule has 0 aliphatic carbocycles. The molecule has 2 saturated heterocycles. The fourth-order valence-corrected chi connectivity index (χ4v) is 4.90. The van der Waals surface area contributed by atoms with E-state index in [0.717, 1.165) is 62.4 Å². The Labute approximate surface area is 193 Å². The number of carbonyl (C=O) groups excluding carboxylic acids is 1. The summed E-state index contributed by atoms with van der Waals surface area (Å²) in [5.41, 5.74) is 1.23. The molecule has 1 amide bonds. The van der Waals surface area contributed by atoms with E-state index in [-0.39, 0.29) is 17.3 Å². The zero-order chi connectivity index (χ0) is 22.5. The highest BCUT2D eigenvalue weighted by Crippen LogP contribution is 2.30. The SMILES string of the molecule is CC1CCN(c2nnc(S[C@H](C)C(=O)Nc3ccc(C#N)cc3)n2C[C@@H]2CCCO2)CC1. The number of amides is 1. The predicted molar refractivity (Wildman–Crippen MR) is 125 cm³/mol. The van der Waals surface area contributed by atoms with Gasteiger partial charge in [0.1, 0.15) is 0 Å². The summed E-state index contributed by atoms with van der Waals surface area (Å²) in [6.07, 6.45) is 4.58. The van der Waals surface area contributed by atoms with Crippen molar-refractivity contribution in [1.82, 2.24) is 14.8 Å². The van der Waals surface area contributed by atoms with Gasteiger partial charge in [-0.1, -0.05) is 18.7 Å². The summed E-state index contributed by atoms with van der Waals surface area (Å²) in [4.78, 5) is 15.1. The van der Waals surface area contributed by atoms with Crippen molar-refractivity contribution in [3.05, 3.63) is 29.8 Å². The lowest BCUT2D eigenvalue weighted by Crippen LogP contribution is -2.35. The molecule has 9 heteroatoms. The number of carbonyl (C=O) groups is 1. The van der Waals surface area contributed by atoms with Crippen molar-refractivity contribution in [3.8, 4) is 6.07 Å². The highest BCUT2D eigenvalue weighted by Gasteiger charge is 2.27. The number of nitriles is 1. The summed E-state index contributed by atoms with van der Waals surface area (Å²) in [7, 11) is 0. The number of benzene rings is 1. The molecule has 8 nitrogen and oxygen atoms in total. The molecule has 32 heavy (non-hydrogen) atoms. The minimum atomic E-state index is -0.354. The van der Waals surface area contributed by atoms with Crippen LogP contribution >= 0.6 is 11.8 Å². The number of thioether (sulfide) groups is 1. The first kappa shape index (κ1) is 22.6. The number of ether oxygens (including phenoxy) is 1. The van der Waals surface area contributed by atoms with Crippen LogP contribution in [0.1, 0.15) is 45.1 Å². The third-order valence-corrected chi connectivity index (χ3v) is 7.19. The second kappa shape index (κ2) is 10.4. The van der Waals surface area contributed by atoms with Gasteiger partial charge >= 0.3 is 0 Å². The number of hydrogen-bond donors (Lipinski definition) is 1. The molecular formula is C23H30N6O2S. The Hall–Kier alpha value is -2.57. The molecule has 1 aromatic heterocycles. The Morgan fingerprint density at radius 2 is 2.03 bits per heavy atom. The summed E-state index contributed by atoms with van der Waals surface area (Å²) < 4.78 is 8.03. The maximum atomic E-state index is 12.8. The molecule has 1 N–H and O–H groups in total. The number of nitrogens with one attached hydrogen (secondary N) is 1. The maximum absolute atomic E-state index is 12.8. The van der Waals surface area contributed by atoms with E-state index >= 15 is 0 Å². The lowest BCUT2D eigenvalue weighted by molar-refractivity contribution is -0.115. The van der Waals surface area contributed by atoms with Crippen molar-refractivity contribution in [3.63, 3.8) is 0 Å². The summed E-state index contributed by atoms with van der Waals surface area (Å²) in [6, 6.07) is 8.94. The molecule has 2 atom stereocenters. The molecule has 2 fully saturated rings. The minimum absolute atomic E-state index is 0.111. The van der Waals surface area contributed by atoms with Crippen LogP contribution in [0.5, 0.6) is 0 Å². The van der Waals surface area contributed by atoms with Gasteiger partial charge < -0.3 is 15.0 Å². The summed E-state index contributed by atoms with van der Waals surface area (Å²) in [6.45, 7) is 7.63. The van der Waals surface area contributed by atoms with Crippen molar-refractivity contribution in [1.29, 1.82) is 5.26 Å². The van der Waals surface area contributed by atoms with Gasteiger partial charge in [-0.3, -0.25) is 9.36 Å². The average Bonchev–Trinajstić information content (AvgIpc) is 3.46. The monoisotopic (exact) mass is 454 g/mol. The van der Waals surface area contributed by atoms with Crippen molar-refractivity contribution in [2.45, 2.75) is 62.6 Å². The Morgan fingerprint density at radius 1 is 1.28 bits per heavy atom. The van der Waals surface area contributed by atoms with E-state index in [9.17, 15) is 4.79 Å². The largest absolute Gasteiger partial charge is 0.376 e. The Bertz CT molecular complexity index is 956. The highest BCUT2D eigenvalue weighted by molar-refractivity contribution is 8.00. The molecule has 2 aromatic rings. The van der Waals surface area contributed by atoms with Crippen LogP contribution in [0.4, 0.5) is 11.6 Å². The van der Waals surface area contributed by atoms with E-state index in [1.165, 1.54) is 11.8 Å². The third-order valence-electron chi connectivity index (χ3n) is 6.11. The fraction of sp³-hybridized carbons (Fsp3) is 0.565. The second-order valence-electron chi connectivity index (χ2n) is 8.64. The van der Waals surface area contributed by atoms with Crippen LogP contribution in [-0.4, -0.2) is 51.7 Å². The molecule has 0 saturated carbocycles. The van der Waals surface area contributed by atoms with Crippen molar-refractivity contribution >= 4 is 29.3 Å². The Kier molecular flexibility index (Phi) is 7.33. The zero-order valence-electron chi connectivity index (χ0n) is 18.7. The summed E-state index contributed by atoms with van der Waals surface area (Å²) in [5, 5.41) is 21.2. The molecule has 3 heterocycles. The minimum Gasteiger partial charge on any atom is -0.376 e. The van der Waals surface area contributed by atoms with Gasteiger partial charge in [-0.15, -0.1) is 10.2 Å². The van der Waals surface area contributed by atoms with E-state index in [1.807, 2.05) is 6.92 Å². The first-order chi connectivity index (χ1) is 15.5. The van der Waals surface area contributed by atoms with Gasteiger partial charge in [0, 0.05) is 25.4 Å². The number of nitrogens with zero attached hydrogens (tertiary/aromatic N) is 5. The first-order valence-corrected chi connectivity index (χ1v) is 12.2. The van der Waals surface area contributed by atoms with E-state index in [0.29, 0.717) is 17.8 Å². The van der Waals surface area contributed by atoms with Crippen LogP contribution in [-0.2, 0) is 16.1 Å². The number of anilines is 2. The molecule has 170 valence electrons. The van der Waals surface area contributed by atoms with Crippen molar-refractivity contribution < 1.29 is 9.53 Å². The molecular weight excluding hydrogens is 424 g/mol. The molecule has 0 bridgehead atoms. The number of piperidine rings is 1. The van der Waals surface area contributed by atoms with Crippen LogP contribution in [0.15, 0.2) is 29.4 Å². The predicted octanol–water partition coefficient (Wildman–Crippen LogP) is 3.68. The van der Waals surface area contributed by atoms with Gasteiger partial charge in [-0.2, -0.15) is 5.26 Å². The van der Waals surface area contributed by atoms with E-state index in [2.05, 4.69) is 38.0 Å². The van der Waals surface area contributed by atoms with E-state index in [4.69, 9.17) is 10.00 Å². The first-order valence-electron chi connectivity index (χ1n) is 11.3. The van der Waals surface area contributed by atoms with Crippen molar-refractivity contribution in [2.75, 3.05) is 29.9 Å². The van der Waals surface area contributed by atoms with Crippen LogP contribution in [0.3, 0.4) is 0 Å². The molecule has 0 unspecified atom stereocenters. The van der Waals surface area contributed by atoms with Gasteiger partial charge in [0.2, 0.25) is 11.9 Å². The van der Waals surface area contributed by atoms with Gasteiger partial charge in [-0.25, -0.2) is 0 Å². The van der Waals surface area contributed by atoms with Gasteiger partial charge in [0.05, 0.1) is 29.5 Å². The fourth-order valence-electron chi connectivity index (χ4n) is 4.05. The average molecular weight is 455 g/mol. The summed E-state index contributed by atoms with van der Waals surface area (Å²) >= 11 is 1.42. The number of rotatable bonds is 7. The molecule has 0 radical (unpaired) electrons. The van der Waals surface area contributed by atoms with Gasteiger partial charge in [-0.05, 0) is 62.8 Å². The molecule has 4 rings (SSSR count). The lowest BCUT2D eigenvalue weighted by atomic mass is 10.00. The van der Waals surface area contributed by atoms with Gasteiger partial charge in [0.25, 0.3) is 0 Å². The normalized spacial score (nSPS) is 20.2. The number of aromatic nitrogens is 3. The summed E-state index contributed by atoms with van der Waals surface area (Å²) in [5.74, 6) is 1.51. The highest BCUT2D eigenvalue weighted by atomic mass is 32.2.